The summed E-state index contributed by atoms with van der Waals surface area (Å²) in [6.45, 7) is 7.48. The van der Waals surface area contributed by atoms with Crippen molar-refractivity contribution in [3.63, 3.8) is 0 Å². The van der Waals surface area contributed by atoms with Crippen molar-refractivity contribution in [3.8, 4) is 0 Å². The van der Waals surface area contributed by atoms with E-state index in [0.717, 1.165) is 31.3 Å². The second kappa shape index (κ2) is 3.95. The van der Waals surface area contributed by atoms with E-state index in [-0.39, 0.29) is 0 Å². The van der Waals surface area contributed by atoms with Crippen molar-refractivity contribution in [3.05, 3.63) is 18.0 Å². The number of aromatic nitrogens is 2. The van der Waals surface area contributed by atoms with E-state index in [2.05, 4.69) is 34.0 Å². The van der Waals surface area contributed by atoms with Gasteiger partial charge in [-0.2, -0.15) is 0 Å². The van der Waals surface area contributed by atoms with Gasteiger partial charge >= 0.3 is 0 Å². The summed E-state index contributed by atoms with van der Waals surface area (Å²) in [7, 11) is 0. The van der Waals surface area contributed by atoms with Gasteiger partial charge in [-0.1, -0.05) is 13.8 Å². The molecule has 92 valence electrons. The molecule has 0 unspecified atom stereocenters. The summed E-state index contributed by atoms with van der Waals surface area (Å²) in [5.74, 6) is 1.37. The summed E-state index contributed by atoms with van der Waals surface area (Å²) in [6, 6.07) is 2.02. The number of hydrogen-bond donors (Lipinski definition) is 1. The highest BCUT2D eigenvalue weighted by Crippen LogP contribution is 2.38. The van der Waals surface area contributed by atoms with Crippen molar-refractivity contribution in [1.82, 2.24) is 15.3 Å². The van der Waals surface area contributed by atoms with Crippen molar-refractivity contribution >= 4 is 5.95 Å². The van der Waals surface area contributed by atoms with E-state index in [9.17, 15) is 0 Å². The summed E-state index contributed by atoms with van der Waals surface area (Å²) < 4.78 is 0. The zero-order chi connectivity index (χ0) is 11.9. The second-order valence-electron chi connectivity index (χ2n) is 5.56. The van der Waals surface area contributed by atoms with Gasteiger partial charge in [0, 0.05) is 37.1 Å². The molecular formula is C13H20N4. The molecule has 1 saturated heterocycles. The molecule has 1 aliphatic heterocycles. The topological polar surface area (TPSA) is 41.1 Å². The predicted octanol–water partition coefficient (Wildman–Crippen LogP) is 1.54. The molecule has 0 bridgehead atoms. The van der Waals surface area contributed by atoms with E-state index < -0.39 is 0 Å². The Bertz CT molecular complexity index is 412. The largest absolute Gasteiger partial charge is 0.338 e. The third-order valence-electron chi connectivity index (χ3n) is 3.77. The Morgan fingerprint density at radius 1 is 1.41 bits per heavy atom. The van der Waals surface area contributed by atoms with Crippen LogP contribution in [-0.2, 0) is 0 Å². The highest BCUT2D eigenvalue weighted by atomic mass is 15.3. The number of piperazine rings is 1. The fourth-order valence-corrected chi connectivity index (χ4v) is 2.45. The van der Waals surface area contributed by atoms with Crippen LogP contribution in [0.2, 0.25) is 0 Å². The molecule has 2 aliphatic rings. The molecule has 1 spiro atoms. The number of nitrogens with zero attached hydrogens (tertiary/aromatic N) is 3. The predicted molar refractivity (Wildman–Crippen MR) is 68.3 cm³/mol. The first-order valence-electron chi connectivity index (χ1n) is 6.51. The minimum atomic E-state index is 0.384. The quantitative estimate of drug-likeness (QED) is 0.840. The van der Waals surface area contributed by atoms with Crippen LogP contribution in [0, 0.1) is 0 Å². The van der Waals surface area contributed by atoms with Crippen LogP contribution in [-0.4, -0.2) is 35.1 Å². The lowest BCUT2D eigenvalue weighted by Gasteiger charge is -2.34. The summed E-state index contributed by atoms with van der Waals surface area (Å²) >= 11 is 0. The Morgan fingerprint density at radius 3 is 2.94 bits per heavy atom. The molecule has 0 atom stereocenters. The van der Waals surface area contributed by atoms with Crippen LogP contribution in [0.5, 0.6) is 0 Å². The molecule has 17 heavy (non-hydrogen) atoms. The normalized spacial score (nSPS) is 22.2. The van der Waals surface area contributed by atoms with Gasteiger partial charge in [0.05, 0.1) is 0 Å². The van der Waals surface area contributed by atoms with Crippen molar-refractivity contribution in [2.24, 2.45) is 0 Å². The minimum Gasteiger partial charge on any atom is -0.338 e. The number of anilines is 1. The van der Waals surface area contributed by atoms with Crippen molar-refractivity contribution in [1.29, 1.82) is 0 Å². The first kappa shape index (κ1) is 11.0. The van der Waals surface area contributed by atoms with Crippen LogP contribution in [0.1, 0.15) is 38.3 Å². The fraction of sp³-hybridized carbons (Fsp3) is 0.692. The van der Waals surface area contributed by atoms with Gasteiger partial charge in [-0.15, -0.1) is 0 Å². The van der Waals surface area contributed by atoms with E-state index >= 15 is 0 Å². The van der Waals surface area contributed by atoms with Gasteiger partial charge in [-0.05, 0) is 24.8 Å². The van der Waals surface area contributed by atoms with Crippen LogP contribution in [0.4, 0.5) is 5.95 Å². The molecule has 1 N–H and O–H groups in total. The molecule has 2 heterocycles. The molecular weight excluding hydrogens is 212 g/mol. The zero-order valence-corrected chi connectivity index (χ0v) is 10.6. The highest BCUT2D eigenvalue weighted by molar-refractivity contribution is 5.35. The maximum Gasteiger partial charge on any atom is 0.225 e. The van der Waals surface area contributed by atoms with Gasteiger partial charge < -0.3 is 10.2 Å². The Hall–Kier alpha value is -1.16. The highest BCUT2D eigenvalue weighted by Gasteiger charge is 2.45. The van der Waals surface area contributed by atoms with Crippen molar-refractivity contribution in [2.45, 2.75) is 38.1 Å². The summed E-state index contributed by atoms with van der Waals surface area (Å²) in [5, 5.41) is 3.61. The lowest BCUT2D eigenvalue weighted by molar-refractivity contribution is 0.437. The molecule has 0 aromatic carbocycles. The van der Waals surface area contributed by atoms with Crippen molar-refractivity contribution < 1.29 is 0 Å². The molecule has 1 aromatic rings. The number of hydrogen-bond acceptors (Lipinski definition) is 4. The number of nitrogens with one attached hydrogen (secondary N) is 1. The summed E-state index contributed by atoms with van der Waals surface area (Å²) in [6.07, 6.45) is 4.49. The maximum atomic E-state index is 4.68. The Morgan fingerprint density at radius 2 is 2.24 bits per heavy atom. The Balaban J connectivity index is 1.80. The molecule has 1 saturated carbocycles. The number of rotatable bonds is 2. The van der Waals surface area contributed by atoms with Crippen LogP contribution >= 0.6 is 0 Å². The van der Waals surface area contributed by atoms with E-state index in [1.54, 1.807) is 0 Å². The molecule has 3 rings (SSSR count). The van der Waals surface area contributed by atoms with Crippen LogP contribution < -0.4 is 10.2 Å². The van der Waals surface area contributed by atoms with Gasteiger partial charge in [0.2, 0.25) is 5.95 Å². The SMILES string of the molecule is CC(C)c1ccnc(N2CCNC3(CC3)C2)n1. The van der Waals surface area contributed by atoms with Crippen molar-refractivity contribution in [2.75, 3.05) is 24.5 Å². The minimum absolute atomic E-state index is 0.384. The average molecular weight is 232 g/mol. The second-order valence-corrected chi connectivity index (χ2v) is 5.56. The summed E-state index contributed by atoms with van der Waals surface area (Å²) in [4.78, 5) is 11.4. The molecule has 1 aromatic heterocycles. The lowest BCUT2D eigenvalue weighted by Crippen LogP contribution is -2.53. The van der Waals surface area contributed by atoms with E-state index in [1.807, 2.05) is 12.3 Å². The van der Waals surface area contributed by atoms with Gasteiger partial charge in [-0.3, -0.25) is 0 Å². The molecule has 1 aliphatic carbocycles. The lowest BCUT2D eigenvalue weighted by atomic mass is 10.1. The van der Waals surface area contributed by atoms with Gasteiger partial charge in [0.15, 0.2) is 0 Å². The Labute approximate surface area is 102 Å². The first-order valence-corrected chi connectivity index (χ1v) is 6.51. The first-order chi connectivity index (χ1) is 8.19. The smallest absolute Gasteiger partial charge is 0.225 e. The summed E-state index contributed by atoms with van der Waals surface area (Å²) in [5.41, 5.74) is 1.52. The van der Waals surface area contributed by atoms with E-state index in [1.165, 1.54) is 12.8 Å². The molecule has 4 nitrogen and oxygen atoms in total. The standard InChI is InChI=1S/C13H20N4/c1-10(2)11-3-6-14-12(16-11)17-8-7-15-13(9-17)4-5-13/h3,6,10,15H,4-5,7-9H2,1-2H3. The Kier molecular flexibility index (Phi) is 2.54. The third-order valence-corrected chi connectivity index (χ3v) is 3.77. The van der Waals surface area contributed by atoms with Gasteiger partial charge in [0.25, 0.3) is 0 Å². The third kappa shape index (κ3) is 2.14. The van der Waals surface area contributed by atoms with Crippen LogP contribution in [0.25, 0.3) is 0 Å². The van der Waals surface area contributed by atoms with Crippen LogP contribution in [0.15, 0.2) is 12.3 Å². The van der Waals surface area contributed by atoms with E-state index in [0.29, 0.717) is 11.5 Å². The average Bonchev–Trinajstić information content (AvgIpc) is 3.08. The van der Waals surface area contributed by atoms with Gasteiger partial charge in [0.1, 0.15) is 0 Å². The van der Waals surface area contributed by atoms with Gasteiger partial charge in [-0.25, -0.2) is 9.97 Å². The maximum absolute atomic E-state index is 4.68. The monoisotopic (exact) mass is 232 g/mol. The molecule has 0 amide bonds. The van der Waals surface area contributed by atoms with E-state index in [4.69, 9.17) is 0 Å². The van der Waals surface area contributed by atoms with Crippen LogP contribution in [0.3, 0.4) is 0 Å². The zero-order valence-electron chi connectivity index (χ0n) is 10.6. The fourth-order valence-electron chi connectivity index (χ4n) is 2.45. The molecule has 2 fully saturated rings. The molecule has 0 radical (unpaired) electrons. The molecule has 4 heteroatoms.